The molecule has 19 heavy (non-hydrogen) atoms. The molecule has 0 aliphatic rings. The Hall–Kier alpha value is -1.61. The van der Waals surface area contributed by atoms with Crippen molar-refractivity contribution >= 4 is 28.6 Å². The Morgan fingerprint density at radius 2 is 2.26 bits per heavy atom. The van der Waals surface area contributed by atoms with Crippen LogP contribution in [-0.4, -0.2) is 12.5 Å². The maximum Gasteiger partial charge on any atom is 0.225 e. The number of thiophene rings is 2. The van der Waals surface area contributed by atoms with E-state index in [1.54, 1.807) is 22.7 Å². The first-order chi connectivity index (χ1) is 9.28. The van der Waals surface area contributed by atoms with E-state index in [0.717, 1.165) is 15.3 Å². The summed E-state index contributed by atoms with van der Waals surface area (Å²) in [6.07, 6.45) is 0.447. The summed E-state index contributed by atoms with van der Waals surface area (Å²) in [6.45, 7) is 0.919. The molecule has 0 saturated heterocycles. The minimum Gasteiger partial charge on any atom is -0.351 e. The van der Waals surface area contributed by atoms with Crippen molar-refractivity contribution in [2.45, 2.75) is 13.0 Å². The quantitative estimate of drug-likeness (QED) is 0.846. The molecule has 1 amide bonds. The summed E-state index contributed by atoms with van der Waals surface area (Å²) in [7, 11) is 0. The summed E-state index contributed by atoms with van der Waals surface area (Å²) in [5.74, 6) is 5.83. The van der Waals surface area contributed by atoms with E-state index in [1.807, 2.05) is 29.0 Å². The van der Waals surface area contributed by atoms with Crippen molar-refractivity contribution in [1.82, 2.24) is 5.32 Å². The van der Waals surface area contributed by atoms with Crippen LogP contribution in [0.4, 0.5) is 0 Å². The van der Waals surface area contributed by atoms with Gasteiger partial charge in [0.05, 0.1) is 19.5 Å². The van der Waals surface area contributed by atoms with Gasteiger partial charge in [0.1, 0.15) is 0 Å². The van der Waals surface area contributed by atoms with Crippen molar-refractivity contribution in [3.05, 3.63) is 44.3 Å². The average Bonchev–Trinajstić information content (AvgIpc) is 3.05. The third-order valence-corrected chi connectivity index (χ3v) is 4.18. The lowest BCUT2D eigenvalue weighted by Gasteiger charge is -2.01. The van der Waals surface area contributed by atoms with Crippen LogP contribution in [0.3, 0.4) is 0 Å². The van der Waals surface area contributed by atoms with Gasteiger partial charge in [-0.3, -0.25) is 4.79 Å². The van der Waals surface area contributed by atoms with Crippen LogP contribution in [0.15, 0.2) is 29.0 Å². The van der Waals surface area contributed by atoms with E-state index in [-0.39, 0.29) is 5.91 Å². The lowest BCUT2D eigenvalue weighted by atomic mass is 10.3. The Balaban J connectivity index is 1.81. The molecule has 0 bridgehead atoms. The molecule has 0 atom stereocenters. The molecular weight excluding hydrogens is 276 g/mol. The van der Waals surface area contributed by atoms with Gasteiger partial charge >= 0.3 is 0 Å². The van der Waals surface area contributed by atoms with E-state index in [1.165, 1.54) is 0 Å². The molecule has 5 heteroatoms. The van der Waals surface area contributed by atoms with Crippen molar-refractivity contribution in [2.75, 3.05) is 6.54 Å². The minimum absolute atomic E-state index is 0.0467. The number of hydrogen-bond donors (Lipinski definition) is 2. The van der Waals surface area contributed by atoms with Crippen LogP contribution < -0.4 is 11.1 Å². The fraction of sp³-hybridized carbons (Fsp3) is 0.214. The first-order valence-corrected chi connectivity index (χ1v) is 7.59. The average molecular weight is 290 g/mol. The molecule has 0 radical (unpaired) electrons. The molecule has 2 rings (SSSR count). The van der Waals surface area contributed by atoms with E-state index in [4.69, 9.17) is 5.73 Å². The lowest BCUT2D eigenvalue weighted by Crippen LogP contribution is -2.23. The lowest BCUT2D eigenvalue weighted by molar-refractivity contribution is -0.120. The van der Waals surface area contributed by atoms with Gasteiger partial charge in [0.25, 0.3) is 0 Å². The van der Waals surface area contributed by atoms with Crippen LogP contribution in [0, 0.1) is 11.8 Å². The standard InChI is InChI=1S/C14H14N2OS2/c15-5-1-3-11-7-13(19-10-11)9-16-14(17)8-12-4-2-6-18-12/h2,4,6-7,10H,5,8-9,15H2,(H,16,17). The normalized spacial score (nSPS) is 9.74. The van der Waals surface area contributed by atoms with Crippen molar-refractivity contribution in [2.24, 2.45) is 5.73 Å². The molecule has 0 aromatic carbocycles. The number of carbonyl (C=O) groups is 1. The maximum absolute atomic E-state index is 11.7. The van der Waals surface area contributed by atoms with E-state index in [9.17, 15) is 4.79 Å². The highest BCUT2D eigenvalue weighted by atomic mass is 32.1. The molecule has 3 nitrogen and oxygen atoms in total. The Bertz CT molecular complexity index is 590. The molecule has 0 spiro atoms. The second-order valence-electron chi connectivity index (χ2n) is 3.84. The summed E-state index contributed by atoms with van der Waals surface area (Å²) in [4.78, 5) is 13.9. The Kier molecular flexibility index (Phi) is 5.16. The topological polar surface area (TPSA) is 55.1 Å². The number of nitrogens with two attached hydrogens (primary N) is 1. The van der Waals surface area contributed by atoms with Crippen LogP contribution >= 0.6 is 22.7 Å². The third kappa shape index (κ3) is 4.52. The van der Waals surface area contributed by atoms with Gasteiger partial charge in [-0.25, -0.2) is 0 Å². The third-order valence-electron chi connectivity index (χ3n) is 2.36. The molecule has 2 aromatic heterocycles. The van der Waals surface area contributed by atoms with E-state index >= 15 is 0 Å². The smallest absolute Gasteiger partial charge is 0.225 e. The van der Waals surface area contributed by atoms with Gasteiger partial charge in [-0.2, -0.15) is 0 Å². The fourth-order valence-electron chi connectivity index (χ4n) is 1.51. The van der Waals surface area contributed by atoms with Gasteiger partial charge in [0.15, 0.2) is 0 Å². The van der Waals surface area contributed by atoms with Crippen LogP contribution in [0.2, 0.25) is 0 Å². The summed E-state index contributed by atoms with van der Waals surface area (Å²) in [5.41, 5.74) is 6.28. The zero-order valence-electron chi connectivity index (χ0n) is 10.3. The number of nitrogens with one attached hydrogen (secondary N) is 1. The fourth-order valence-corrected chi connectivity index (χ4v) is 2.97. The zero-order chi connectivity index (χ0) is 13.5. The number of carbonyl (C=O) groups excluding carboxylic acids is 1. The van der Waals surface area contributed by atoms with Gasteiger partial charge in [0, 0.05) is 20.7 Å². The molecule has 0 aliphatic heterocycles. The highest BCUT2D eigenvalue weighted by molar-refractivity contribution is 7.10. The molecule has 2 aromatic rings. The van der Waals surface area contributed by atoms with Crippen molar-refractivity contribution in [1.29, 1.82) is 0 Å². The minimum atomic E-state index is 0.0467. The highest BCUT2D eigenvalue weighted by Gasteiger charge is 2.05. The molecule has 0 aliphatic carbocycles. The van der Waals surface area contributed by atoms with Crippen molar-refractivity contribution in [3.8, 4) is 11.8 Å². The Morgan fingerprint density at radius 3 is 3.00 bits per heavy atom. The van der Waals surface area contributed by atoms with Gasteiger partial charge in [-0.15, -0.1) is 22.7 Å². The largest absolute Gasteiger partial charge is 0.351 e. The van der Waals surface area contributed by atoms with Crippen LogP contribution in [0.5, 0.6) is 0 Å². The number of rotatable bonds is 4. The molecule has 0 unspecified atom stereocenters. The predicted octanol–water partition coefficient (Wildman–Crippen LogP) is 1.98. The predicted molar refractivity (Wildman–Crippen MR) is 80.1 cm³/mol. The number of hydrogen-bond acceptors (Lipinski definition) is 4. The summed E-state index contributed by atoms with van der Waals surface area (Å²) >= 11 is 3.19. The van der Waals surface area contributed by atoms with E-state index in [2.05, 4.69) is 17.2 Å². The van der Waals surface area contributed by atoms with Crippen LogP contribution in [0.25, 0.3) is 0 Å². The molecule has 0 fully saturated rings. The highest BCUT2D eigenvalue weighted by Crippen LogP contribution is 2.14. The molecular formula is C14H14N2OS2. The van der Waals surface area contributed by atoms with Crippen LogP contribution in [0.1, 0.15) is 15.3 Å². The Labute approximate surface area is 120 Å². The van der Waals surface area contributed by atoms with E-state index < -0.39 is 0 Å². The first kappa shape index (κ1) is 13.8. The van der Waals surface area contributed by atoms with Gasteiger partial charge in [-0.05, 0) is 17.5 Å². The first-order valence-electron chi connectivity index (χ1n) is 5.83. The Morgan fingerprint density at radius 1 is 1.37 bits per heavy atom. The van der Waals surface area contributed by atoms with Crippen molar-refractivity contribution < 1.29 is 4.79 Å². The summed E-state index contributed by atoms with van der Waals surface area (Å²) in [6, 6.07) is 5.91. The van der Waals surface area contributed by atoms with Gasteiger partial charge in [0.2, 0.25) is 5.91 Å². The second kappa shape index (κ2) is 7.10. The van der Waals surface area contributed by atoms with Crippen LogP contribution in [-0.2, 0) is 17.8 Å². The summed E-state index contributed by atoms with van der Waals surface area (Å²) < 4.78 is 0. The number of amides is 1. The molecule has 3 N–H and O–H groups in total. The van der Waals surface area contributed by atoms with Gasteiger partial charge in [-0.1, -0.05) is 17.9 Å². The van der Waals surface area contributed by atoms with Gasteiger partial charge < -0.3 is 11.1 Å². The summed E-state index contributed by atoms with van der Waals surface area (Å²) in [5, 5.41) is 6.86. The monoisotopic (exact) mass is 290 g/mol. The second-order valence-corrected chi connectivity index (χ2v) is 5.87. The molecule has 0 saturated carbocycles. The SMILES string of the molecule is NCC#Cc1csc(CNC(=O)Cc2cccs2)c1. The van der Waals surface area contributed by atoms with Crippen molar-refractivity contribution in [3.63, 3.8) is 0 Å². The molecule has 98 valence electrons. The van der Waals surface area contributed by atoms with E-state index in [0.29, 0.717) is 19.5 Å². The molecule has 2 heterocycles. The maximum atomic E-state index is 11.7. The zero-order valence-corrected chi connectivity index (χ0v) is 11.9.